The zero-order chi connectivity index (χ0) is 12.5. The third-order valence-electron chi connectivity index (χ3n) is 3.13. The van der Waals surface area contributed by atoms with Crippen molar-refractivity contribution in [3.63, 3.8) is 0 Å². The van der Waals surface area contributed by atoms with E-state index in [1.54, 1.807) is 13.1 Å². The van der Waals surface area contributed by atoms with Crippen molar-refractivity contribution in [3.8, 4) is 0 Å². The largest absolute Gasteiger partial charge is 0.340 e. The lowest BCUT2D eigenvalue weighted by molar-refractivity contribution is 0.383. The third kappa shape index (κ3) is 1.94. The van der Waals surface area contributed by atoms with Gasteiger partial charge in [0.05, 0.1) is 6.04 Å². The molecule has 0 aliphatic carbocycles. The summed E-state index contributed by atoms with van der Waals surface area (Å²) in [7, 11) is 0. The first-order valence-corrected chi connectivity index (χ1v) is 6.10. The van der Waals surface area contributed by atoms with Crippen LogP contribution >= 0.6 is 0 Å². The molecule has 1 aliphatic rings. The number of hydrogen-bond donors (Lipinski definition) is 0. The van der Waals surface area contributed by atoms with Gasteiger partial charge in [0.1, 0.15) is 0 Å². The summed E-state index contributed by atoms with van der Waals surface area (Å²) in [5, 5.41) is 4.01. The summed E-state index contributed by atoms with van der Waals surface area (Å²) in [6, 6.07) is 2.02. The van der Waals surface area contributed by atoms with E-state index in [-0.39, 0.29) is 6.04 Å². The van der Waals surface area contributed by atoms with Crippen molar-refractivity contribution in [2.24, 2.45) is 0 Å². The van der Waals surface area contributed by atoms with Gasteiger partial charge in [-0.2, -0.15) is 4.98 Å². The average molecular weight is 245 g/mol. The van der Waals surface area contributed by atoms with Gasteiger partial charge in [0.15, 0.2) is 5.82 Å². The first kappa shape index (κ1) is 11.1. The van der Waals surface area contributed by atoms with Crippen molar-refractivity contribution >= 4 is 5.95 Å². The van der Waals surface area contributed by atoms with Crippen LogP contribution in [0, 0.1) is 13.8 Å². The highest BCUT2D eigenvalue weighted by molar-refractivity contribution is 5.35. The Balaban J connectivity index is 1.92. The molecule has 1 aliphatic heterocycles. The summed E-state index contributed by atoms with van der Waals surface area (Å²) in [5.41, 5.74) is 0.968. The molecule has 0 radical (unpaired) electrons. The number of aromatic nitrogens is 4. The number of hydrogen-bond acceptors (Lipinski definition) is 6. The minimum atomic E-state index is 0.129. The van der Waals surface area contributed by atoms with Crippen molar-refractivity contribution in [2.75, 3.05) is 11.4 Å². The van der Waals surface area contributed by atoms with E-state index in [4.69, 9.17) is 4.52 Å². The number of aryl methyl sites for hydroxylation is 2. The Labute approximate surface area is 105 Å². The lowest BCUT2D eigenvalue weighted by Gasteiger charge is -2.21. The van der Waals surface area contributed by atoms with Gasteiger partial charge < -0.3 is 9.42 Å². The molecule has 1 fully saturated rings. The Morgan fingerprint density at radius 3 is 2.94 bits per heavy atom. The highest BCUT2D eigenvalue weighted by atomic mass is 16.5. The molecule has 2 aromatic heterocycles. The van der Waals surface area contributed by atoms with Gasteiger partial charge in [-0.1, -0.05) is 5.16 Å². The Morgan fingerprint density at radius 1 is 1.33 bits per heavy atom. The standard InChI is InChI=1S/C12H15N5O/c1-8-5-6-13-12(14-8)17-7-3-4-10(17)11-15-9(2)18-16-11/h5-6,10H,3-4,7H2,1-2H3/t10-/m1/s1. The Hall–Kier alpha value is -1.98. The fraction of sp³-hybridized carbons (Fsp3) is 0.500. The SMILES string of the molecule is Cc1ccnc(N2CCC[C@@H]2c2noc(C)n2)n1. The van der Waals surface area contributed by atoms with Crippen LogP contribution in [-0.4, -0.2) is 26.7 Å². The molecule has 0 saturated carbocycles. The van der Waals surface area contributed by atoms with Gasteiger partial charge in [-0.3, -0.25) is 0 Å². The molecular weight excluding hydrogens is 230 g/mol. The summed E-state index contributed by atoms with van der Waals surface area (Å²) in [5.74, 6) is 2.08. The second kappa shape index (κ2) is 4.36. The van der Waals surface area contributed by atoms with Crippen LogP contribution in [-0.2, 0) is 0 Å². The summed E-state index contributed by atoms with van der Waals surface area (Å²) in [6.45, 7) is 4.70. The summed E-state index contributed by atoms with van der Waals surface area (Å²) >= 11 is 0. The fourth-order valence-corrected chi connectivity index (χ4v) is 2.30. The van der Waals surface area contributed by atoms with Gasteiger partial charge in [-0.05, 0) is 25.8 Å². The molecule has 0 amide bonds. The first-order chi connectivity index (χ1) is 8.74. The van der Waals surface area contributed by atoms with Gasteiger partial charge in [-0.25, -0.2) is 9.97 Å². The maximum absolute atomic E-state index is 5.06. The molecule has 2 aromatic rings. The summed E-state index contributed by atoms with van der Waals surface area (Å²) < 4.78 is 5.06. The fourth-order valence-electron chi connectivity index (χ4n) is 2.30. The van der Waals surface area contributed by atoms with Crippen molar-refractivity contribution in [2.45, 2.75) is 32.7 Å². The molecule has 1 atom stereocenters. The van der Waals surface area contributed by atoms with Crippen LogP contribution in [0.15, 0.2) is 16.8 Å². The molecule has 0 unspecified atom stereocenters. The lowest BCUT2D eigenvalue weighted by Crippen LogP contribution is -2.25. The second-order valence-corrected chi connectivity index (χ2v) is 4.52. The Kier molecular flexibility index (Phi) is 2.70. The Morgan fingerprint density at radius 2 is 2.22 bits per heavy atom. The van der Waals surface area contributed by atoms with E-state index in [0.717, 1.165) is 36.9 Å². The van der Waals surface area contributed by atoms with Crippen LogP contribution < -0.4 is 4.90 Å². The van der Waals surface area contributed by atoms with E-state index in [9.17, 15) is 0 Å². The molecule has 0 N–H and O–H groups in total. The molecule has 0 bridgehead atoms. The highest BCUT2D eigenvalue weighted by Crippen LogP contribution is 2.32. The first-order valence-electron chi connectivity index (χ1n) is 6.10. The monoisotopic (exact) mass is 245 g/mol. The topological polar surface area (TPSA) is 67.9 Å². The van der Waals surface area contributed by atoms with E-state index < -0.39 is 0 Å². The Bertz CT molecular complexity index is 553. The zero-order valence-electron chi connectivity index (χ0n) is 10.5. The molecule has 3 heterocycles. The summed E-state index contributed by atoms with van der Waals surface area (Å²) in [4.78, 5) is 15.3. The van der Waals surface area contributed by atoms with Crippen LogP contribution in [0.1, 0.15) is 36.3 Å². The van der Waals surface area contributed by atoms with Crippen LogP contribution in [0.25, 0.3) is 0 Å². The van der Waals surface area contributed by atoms with Crippen molar-refractivity contribution < 1.29 is 4.52 Å². The van der Waals surface area contributed by atoms with E-state index in [2.05, 4.69) is 25.0 Å². The predicted molar refractivity (Wildman–Crippen MR) is 65.1 cm³/mol. The smallest absolute Gasteiger partial charge is 0.226 e. The average Bonchev–Trinajstić information content (AvgIpc) is 2.96. The van der Waals surface area contributed by atoms with Gasteiger partial charge in [-0.15, -0.1) is 0 Å². The minimum absolute atomic E-state index is 0.129. The van der Waals surface area contributed by atoms with Crippen LogP contribution in [0.2, 0.25) is 0 Å². The summed E-state index contributed by atoms with van der Waals surface area (Å²) in [6.07, 6.45) is 3.89. The normalized spacial score (nSPS) is 19.4. The maximum atomic E-state index is 5.06. The number of anilines is 1. The van der Waals surface area contributed by atoms with Crippen LogP contribution in [0.4, 0.5) is 5.95 Å². The van der Waals surface area contributed by atoms with E-state index >= 15 is 0 Å². The molecule has 3 rings (SSSR count). The molecular formula is C12H15N5O. The predicted octanol–water partition coefficient (Wildman–Crippen LogP) is 1.82. The maximum Gasteiger partial charge on any atom is 0.226 e. The van der Waals surface area contributed by atoms with Crippen molar-refractivity contribution in [3.05, 3.63) is 29.7 Å². The zero-order valence-corrected chi connectivity index (χ0v) is 10.5. The second-order valence-electron chi connectivity index (χ2n) is 4.52. The minimum Gasteiger partial charge on any atom is -0.340 e. The van der Waals surface area contributed by atoms with E-state index in [1.165, 1.54) is 0 Å². The van der Waals surface area contributed by atoms with Crippen LogP contribution in [0.3, 0.4) is 0 Å². The number of rotatable bonds is 2. The van der Waals surface area contributed by atoms with Crippen molar-refractivity contribution in [1.82, 2.24) is 20.1 Å². The van der Waals surface area contributed by atoms with E-state index in [1.807, 2.05) is 13.0 Å². The highest BCUT2D eigenvalue weighted by Gasteiger charge is 2.31. The van der Waals surface area contributed by atoms with Gasteiger partial charge >= 0.3 is 0 Å². The van der Waals surface area contributed by atoms with Crippen molar-refractivity contribution in [1.29, 1.82) is 0 Å². The van der Waals surface area contributed by atoms with Gasteiger partial charge in [0.2, 0.25) is 11.8 Å². The molecule has 6 nitrogen and oxygen atoms in total. The molecule has 94 valence electrons. The van der Waals surface area contributed by atoms with Gasteiger partial charge in [0, 0.05) is 25.4 Å². The molecule has 0 spiro atoms. The van der Waals surface area contributed by atoms with E-state index in [0.29, 0.717) is 5.89 Å². The third-order valence-corrected chi connectivity index (χ3v) is 3.13. The molecule has 1 saturated heterocycles. The molecule has 6 heteroatoms. The van der Waals surface area contributed by atoms with Crippen LogP contribution in [0.5, 0.6) is 0 Å². The molecule has 18 heavy (non-hydrogen) atoms. The quantitative estimate of drug-likeness (QED) is 0.803. The number of nitrogens with zero attached hydrogens (tertiary/aromatic N) is 5. The lowest BCUT2D eigenvalue weighted by atomic mass is 10.2. The molecule has 0 aromatic carbocycles. The van der Waals surface area contributed by atoms with Gasteiger partial charge in [0.25, 0.3) is 0 Å².